The summed E-state index contributed by atoms with van der Waals surface area (Å²) < 4.78 is 2.38. The summed E-state index contributed by atoms with van der Waals surface area (Å²) in [7, 11) is 0. The summed E-state index contributed by atoms with van der Waals surface area (Å²) in [6, 6.07) is 11.3. The van der Waals surface area contributed by atoms with E-state index in [1.165, 1.54) is 27.6 Å². The molecular weight excluding hydrogens is 384 g/mol. The van der Waals surface area contributed by atoms with Crippen LogP contribution in [-0.2, 0) is 24.2 Å². The number of likely N-dealkylation sites (N-methyl/N-ethyl adjacent to an activating group) is 1. The first-order valence-corrected chi connectivity index (χ1v) is 11.7. The van der Waals surface area contributed by atoms with E-state index in [1.807, 2.05) is 12.1 Å². The quantitative estimate of drug-likeness (QED) is 0.666. The molecule has 1 aliphatic carbocycles. The lowest BCUT2D eigenvalue weighted by atomic mass is 9.72. The van der Waals surface area contributed by atoms with Crippen molar-refractivity contribution >= 4 is 16.8 Å². The van der Waals surface area contributed by atoms with E-state index < -0.39 is 0 Å². The van der Waals surface area contributed by atoms with Crippen molar-refractivity contribution in [2.45, 2.75) is 51.6 Å². The van der Waals surface area contributed by atoms with Crippen LogP contribution in [0.5, 0.6) is 0 Å². The highest BCUT2D eigenvalue weighted by Gasteiger charge is 2.42. The van der Waals surface area contributed by atoms with Gasteiger partial charge in [-0.3, -0.25) is 14.7 Å². The first-order chi connectivity index (χ1) is 15.2. The number of hydrogen-bond acceptors (Lipinski definition) is 3. The summed E-state index contributed by atoms with van der Waals surface area (Å²) in [5.41, 5.74) is 5.48. The molecule has 1 saturated heterocycles. The maximum atomic E-state index is 13.1. The third-order valence-electron chi connectivity index (χ3n) is 7.35. The predicted octanol–water partition coefficient (Wildman–Crippen LogP) is 3.77. The molecule has 0 bridgehead atoms. The van der Waals surface area contributed by atoms with Gasteiger partial charge in [-0.15, -0.1) is 0 Å². The van der Waals surface area contributed by atoms with Crippen LogP contribution in [-0.4, -0.2) is 46.0 Å². The Morgan fingerprint density at radius 3 is 2.77 bits per heavy atom. The molecule has 1 N–H and O–H groups in total. The molecule has 1 amide bonds. The summed E-state index contributed by atoms with van der Waals surface area (Å²) in [5, 5.41) is 4.65. The fourth-order valence-electron chi connectivity index (χ4n) is 5.81. The summed E-state index contributed by atoms with van der Waals surface area (Å²) in [6.45, 7) is 7.97. The van der Waals surface area contributed by atoms with Crippen LogP contribution >= 0.6 is 0 Å². The minimum absolute atomic E-state index is 0.0451. The van der Waals surface area contributed by atoms with Crippen LogP contribution in [0.2, 0.25) is 0 Å². The molecule has 31 heavy (non-hydrogen) atoms. The monoisotopic (exact) mass is 416 g/mol. The number of aryl methyl sites for hydroxylation is 1. The lowest BCUT2D eigenvalue weighted by molar-refractivity contribution is -0.127. The van der Waals surface area contributed by atoms with E-state index in [4.69, 9.17) is 0 Å². The Morgan fingerprint density at radius 1 is 1.16 bits per heavy atom. The molecule has 0 radical (unpaired) electrons. The molecular formula is C26H32N4O. The Bertz CT molecular complexity index is 1070. The molecule has 0 saturated carbocycles. The summed E-state index contributed by atoms with van der Waals surface area (Å²) in [5.74, 6) is 0.673. The zero-order valence-corrected chi connectivity index (χ0v) is 18.6. The number of aromatic nitrogens is 2. The molecule has 5 rings (SSSR count). The number of likely N-dealkylation sites (tertiary alicyclic amines) is 1. The van der Waals surface area contributed by atoms with Gasteiger partial charge in [0.2, 0.25) is 5.91 Å². The number of fused-ring (bicyclic) bond motifs is 2. The second-order valence-corrected chi connectivity index (χ2v) is 8.98. The van der Waals surface area contributed by atoms with Gasteiger partial charge in [-0.1, -0.05) is 19.1 Å². The largest absolute Gasteiger partial charge is 0.355 e. The van der Waals surface area contributed by atoms with E-state index in [-0.39, 0.29) is 11.8 Å². The SMILES string of the molecule is CCN1CC(C(=O)NCCc2ccncc2)C[C@@H]2c3cccc4c3c(cn4CC)C[C@H]21. The van der Waals surface area contributed by atoms with Crippen LogP contribution in [0.1, 0.15) is 42.9 Å². The first kappa shape index (κ1) is 20.3. The van der Waals surface area contributed by atoms with Crippen LogP contribution in [0.3, 0.4) is 0 Å². The molecule has 2 aliphatic rings. The molecule has 3 heterocycles. The van der Waals surface area contributed by atoms with Crippen molar-refractivity contribution in [2.24, 2.45) is 5.92 Å². The lowest BCUT2D eigenvalue weighted by Gasteiger charge is -2.46. The van der Waals surface area contributed by atoms with Crippen LogP contribution < -0.4 is 5.32 Å². The number of benzene rings is 1. The topological polar surface area (TPSA) is 50.2 Å². The lowest BCUT2D eigenvalue weighted by Crippen LogP contribution is -2.53. The van der Waals surface area contributed by atoms with Gasteiger partial charge in [-0.05, 0) is 67.6 Å². The molecule has 5 heteroatoms. The van der Waals surface area contributed by atoms with Gasteiger partial charge < -0.3 is 9.88 Å². The van der Waals surface area contributed by atoms with Crippen LogP contribution in [0, 0.1) is 5.92 Å². The number of nitrogens with one attached hydrogen (secondary N) is 1. The number of hydrogen-bond donors (Lipinski definition) is 1. The van der Waals surface area contributed by atoms with E-state index >= 15 is 0 Å². The minimum atomic E-state index is 0.0451. The average Bonchev–Trinajstić information content (AvgIpc) is 3.18. The fourth-order valence-corrected chi connectivity index (χ4v) is 5.81. The van der Waals surface area contributed by atoms with Crippen LogP contribution in [0.4, 0.5) is 0 Å². The molecule has 3 atom stereocenters. The number of amides is 1. The Kier molecular flexibility index (Phi) is 5.53. The van der Waals surface area contributed by atoms with Crippen molar-refractivity contribution in [1.29, 1.82) is 0 Å². The van der Waals surface area contributed by atoms with Gasteiger partial charge >= 0.3 is 0 Å². The van der Waals surface area contributed by atoms with Gasteiger partial charge in [0.05, 0.1) is 5.92 Å². The Hall–Kier alpha value is -2.66. The molecule has 0 spiro atoms. The van der Waals surface area contributed by atoms with Crippen molar-refractivity contribution < 1.29 is 4.79 Å². The maximum absolute atomic E-state index is 13.1. The van der Waals surface area contributed by atoms with Crippen LogP contribution in [0.25, 0.3) is 10.9 Å². The molecule has 1 unspecified atom stereocenters. The van der Waals surface area contributed by atoms with Crippen LogP contribution in [0.15, 0.2) is 48.9 Å². The van der Waals surface area contributed by atoms with Gasteiger partial charge in [-0.2, -0.15) is 0 Å². The van der Waals surface area contributed by atoms with E-state index in [2.05, 4.69) is 58.0 Å². The molecule has 1 fully saturated rings. The average molecular weight is 417 g/mol. The van der Waals surface area contributed by atoms with Crippen molar-refractivity contribution in [1.82, 2.24) is 19.8 Å². The number of pyridine rings is 1. The van der Waals surface area contributed by atoms with Crippen molar-refractivity contribution in [2.75, 3.05) is 19.6 Å². The predicted molar refractivity (Wildman–Crippen MR) is 124 cm³/mol. The Morgan fingerprint density at radius 2 is 2.00 bits per heavy atom. The van der Waals surface area contributed by atoms with E-state index in [0.717, 1.165) is 38.9 Å². The molecule has 1 aromatic carbocycles. The summed E-state index contributed by atoms with van der Waals surface area (Å²) in [4.78, 5) is 19.7. The van der Waals surface area contributed by atoms with E-state index in [9.17, 15) is 4.79 Å². The van der Waals surface area contributed by atoms with Crippen molar-refractivity contribution in [3.63, 3.8) is 0 Å². The molecule has 3 aromatic rings. The number of carbonyl (C=O) groups excluding carboxylic acids is 1. The Balaban J connectivity index is 1.36. The van der Waals surface area contributed by atoms with E-state index in [1.54, 1.807) is 12.4 Å². The smallest absolute Gasteiger partial charge is 0.224 e. The van der Waals surface area contributed by atoms with Crippen molar-refractivity contribution in [3.05, 3.63) is 65.6 Å². The normalized spacial score (nSPS) is 23.0. The van der Waals surface area contributed by atoms with Crippen molar-refractivity contribution in [3.8, 4) is 0 Å². The van der Waals surface area contributed by atoms with Gasteiger partial charge in [0.15, 0.2) is 0 Å². The number of nitrogens with zero attached hydrogens (tertiary/aromatic N) is 3. The van der Waals surface area contributed by atoms with E-state index in [0.29, 0.717) is 18.5 Å². The third kappa shape index (κ3) is 3.65. The highest BCUT2D eigenvalue weighted by molar-refractivity contribution is 5.89. The highest BCUT2D eigenvalue weighted by Crippen LogP contribution is 2.45. The van der Waals surface area contributed by atoms with Gasteiger partial charge in [0.25, 0.3) is 0 Å². The number of piperidine rings is 1. The second-order valence-electron chi connectivity index (χ2n) is 8.98. The third-order valence-corrected chi connectivity index (χ3v) is 7.35. The molecule has 1 aliphatic heterocycles. The molecule has 5 nitrogen and oxygen atoms in total. The summed E-state index contributed by atoms with van der Waals surface area (Å²) in [6.07, 6.45) is 8.85. The summed E-state index contributed by atoms with van der Waals surface area (Å²) >= 11 is 0. The van der Waals surface area contributed by atoms with Gasteiger partial charge in [0.1, 0.15) is 0 Å². The Labute approximate surface area is 184 Å². The van der Waals surface area contributed by atoms with Gasteiger partial charge in [0, 0.05) is 61.1 Å². The number of rotatable bonds is 6. The first-order valence-electron chi connectivity index (χ1n) is 11.7. The second kappa shape index (κ2) is 8.46. The van der Waals surface area contributed by atoms with Gasteiger partial charge in [-0.25, -0.2) is 0 Å². The molecule has 2 aromatic heterocycles. The fraction of sp³-hybridized carbons (Fsp3) is 0.462. The number of carbonyl (C=O) groups is 1. The molecule has 162 valence electrons. The minimum Gasteiger partial charge on any atom is -0.355 e. The zero-order valence-electron chi connectivity index (χ0n) is 18.6. The highest BCUT2D eigenvalue weighted by atomic mass is 16.1. The maximum Gasteiger partial charge on any atom is 0.224 e. The zero-order chi connectivity index (χ0) is 21.4. The standard InChI is InChI=1S/C26H32N4O/c1-3-29-16-19-15-24-22(21-6-5-7-23(29)25(19)21)14-20(17-30(24)4-2)26(31)28-13-10-18-8-11-27-12-9-18/h5-9,11-12,16,20,22,24H,3-4,10,13-15,17H2,1-2H3,(H,28,31)/t20?,22-,24-/m1/s1.